The fraction of sp³-hybridized carbons (Fsp3) is 0.972. The first kappa shape index (κ1) is 75.9. The van der Waals surface area contributed by atoms with Crippen LogP contribution < -0.4 is 5.32 Å². The molecule has 0 saturated carbocycles. The number of carbonyl (C=O) groups is 2. The van der Waals surface area contributed by atoms with E-state index in [2.05, 4.69) is 19.2 Å². The van der Waals surface area contributed by atoms with Gasteiger partial charge in [-0.25, -0.2) is 0 Å². The first-order valence-corrected chi connectivity index (χ1v) is 35.8. The van der Waals surface area contributed by atoms with Gasteiger partial charge in [-0.1, -0.05) is 380 Å². The number of hydrogen-bond donors (Lipinski definition) is 3. The van der Waals surface area contributed by atoms with Crippen molar-refractivity contribution in [3.63, 3.8) is 0 Å². The molecule has 0 rings (SSSR count). The number of aliphatic hydroxyl groups excluding tert-OH is 2. The molecule has 0 aromatic heterocycles. The average molecular weight is 1090 g/mol. The highest BCUT2D eigenvalue weighted by Gasteiger charge is 2.20. The van der Waals surface area contributed by atoms with Gasteiger partial charge in [0, 0.05) is 12.8 Å². The smallest absolute Gasteiger partial charge is 0.305 e. The van der Waals surface area contributed by atoms with Gasteiger partial charge in [-0.05, 0) is 25.7 Å². The third-order valence-corrected chi connectivity index (χ3v) is 17.2. The molecule has 2 unspecified atom stereocenters. The van der Waals surface area contributed by atoms with Crippen LogP contribution >= 0.6 is 0 Å². The second-order valence-corrected chi connectivity index (χ2v) is 24.9. The Kier molecular flexibility index (Phi) is 66.4. The van der Waals surface area contributed by atoms with Crippen molar-refractivity contribution in [3.05, 3.63) is 0 Å². The quantitative estimate of drug-likeness (QED) is 0.0417. The van der Waals surface area contributed by atoms with Gasteiger partial charge in [0.15, 0.2) is 0 Å². The molecule has 2 atom stereocenters. The number of nitrogens with one attached hydrogen (secondary N) is 1. The zero-order valence-corrected chi connectivity index (χ0v) is 52.7. The molecule has 6 nitrogen and oxygen atoms in total. The Morgan fingerprint density at radius 3 is 0.792 bits per heavy atom. The summed E-state index contributed by atoms with van der Waals surface area (Å²) < 4.78 is 5.51. The predicted octanol–water partition coefficient (Wildman–Crippen LogP) is 23.0. The SMILES string of the molecule is CCCCCCCCCCCCCCCCCCCC(=O)OCCCCCCCCCCCCCCCCCCCCCCCCCCCCCCCCCCC(=O)NC(CO)C(O)CCCCCCCCCCCCC. The first-order chi connectivity index (χ1) is 38.0. The molecule has 1 amide bonds. The highest BCUT2D eigenvalue weighted by Crippen LogP contribution is 2.20. The van der Waals surface area contributed by atoms with Crippen LogP contribution in [0.3, 0.4) is 0 Å². The van der Waals surface area contributed by atoms with Crippen molar-refractivity contribution in [1.82, 2.24) is 5.32 Å². The Labute approximate surface area is 483 Å². The van der Waals surface area contributed by atoms with Crippen molar-refractivity contribution >= 4 is 11.9 Å². The van der Waals surface area contributed by atoms with Crippen molar-refractivity contribution in [2.24, 2.45) is 0 Å². The maximum absolute atomic E-state index is 12.5. The summed E-state index contributed by atoms with van der Waals surface area (Å²) >= 11 is 0. The van der Waals surface area contributed by atoms with Crippen LogP contribution in [0.25, 0.3) is 0 Å². The van der Waals surface area contributed by atoms with E-state index < -0.39 is 12.1 Å². The molecule has 0 spiro atoms. The molecule has 6 heteroatoms. The van der Waals surface area contributed by atoms with Gasteiger partial charge in [0.2, 0.25) is 5.91 Å². The standard InChI is InChI=1S/C71H141NO5/c1-3-5-7-9-11-13-15-16-17-34-38-41-45-49-53-57-61-65-71(76)77-66-62-58-54-50-46-42-39-36-33-31-29-27-25-23-21-19-18-20-22-24-26-28-30-32-35-37-40-44-48-52-56-60-64-70(75)72-68(67-73)69(74)63-59-55-51-47-43-14-12-10-8-6-4-2/h68-69,73-74H,3-67H2,1-2H3,(H,72,75). The van der Waals surface area contributed by atoms with Crippen molar-refractivity contribution in [2.45, 2.75) is 431 Å². The third kappa shape index (κ3) is 63.9. The lowest BCUT2D eigenvalue weighted by atomic mass is 10.0. The summed E-state index contributed by atoms with van der Waals surface area (Å²) in [6.45, 7) is 4.99. The van der Waals surface area contributed by atoms with Crippen LogP contribution in [0.5, 0.6) is 0 Å². The second kappa shape index (κ2) is 67.4. The van der Waals surface area contributed by atoms with Crippen molar-refractivity contribution < 1.29 is 24.5 Å². The van der Waals surface area contributed by atoms with Crippen molar-refractivity contribution in [3.8, 4) is 0 Å². The summed E-state index contributed by atoms with van der Waals surface area (Å²) in [4.78, 5) is 24.6. The number of rotatable bonds is 68. The number of aliphatic hydroxyl groups is 2. The zero-order chi connectivity index (χ0) is 55.7. The van der Waals surface area contributed by atoms with E-state index in [1.165, 1.54) is 347 Å². The van der Waals surface area contributed by atoms with Crippen LogP contribution in [0.4, 0.5) is 0 Å². The van der Waals surface area contributed by atoms with Gasteiger partial charge in [-0.3, -0.25) is 9.59 Å². The van der Waals surface area contributed by atoms with Gasteiger partial charge in [-0.15, -0.1) is 0 Å². The number of amides is 1. The molecule has 0 aliphatic rings. The average Bonchev–Trinajstić information content (AvgIpc) is 3.43. The van der Waals surface area contributed by atoms with E-state index in [-0.39, 0.29) is 18.5 Å². The second-order valence-electron chi connectivity index (χ2n) is 24.9. The van der Waals surface area contributed by atoms with Gasteiger partial charge < -0.3 is 20.3 Å². The molecular weight excluding hydrogens is 947 g/mol. The van der Waals surface area contributed by atoms with Crippen LogP contribution in [-0.4, -0.2) is 47.4 Å². The summed E-state index contributed by atoms with van der Waals surface area (Å²) in [7, 11) is 0. The Bertz CT molecular complexity index is 1120. The Hall–Kier alpha value is -1.14. The molecule has 77 heavy (non-hydrogen) atoms. The van der Waals surface area contributed by atoms with E-state index in [1.807, 2.05) is 0 Å². The summed E-state index contributed by atoms with van der Waals surface area (Å²) in [5.41, 5.74) is 0. The van der Waals surface area contributed by atoms with Crippen molar-refractivity contribution in [2.75, 3.05) is 13.2 Å². The lowest BCUT2D eigenvalue weighted by Crippen LogP contribution is -2.45. The van der Waals surface area contributed by atoms with Crippen LogP contribution in [0.15, 0.2) is 0 Å². The van der Waals surface area contributed by atoms with Crippen molar-refractivity contribution in [1.29, 1.82) is 0 Å². The molecule has 0 heterocycles. The lowest BCUT2D eigenvalue weighted by Gasteiger charge is -2.22. The molecule has 0 fully saturated rings. The fourth-order valence-corrected chi connectivity index (χ4v) is 11.7. The van der Waals surface area contributed by atoms with Gasteiger partial charge >= 0.3 is 5.97 Å². The van der Waals surface area contributed by atoms with E-state index in [0.29, 0.717) is 25.9 Å². The summed E-state index contributed by atoms with van der Waals surface area (Å²) in [5.74, 6) is -0.00243. The van der Waals surface area contributed by atoms with Crippen LogP contribution in [-0.2, 0) is 14.3 Å². The monoisotopic (exact) mass is 1090 g/mol. The van der Waals surface area contributed by atoms with E-state index >= 15 is 0 Å². The lowest BCUT2D eigenvalue weighted by molar-refractivity contribution is -0.143. The minimum absolute atomic E-state index is 0.0263. The maximum Gasteiger partial charge on any atom is 0.305 e. The summed E-state index contributed by atoms with van der Waals surface area (Å²) in [6.07, 6.45) is 81.7. The Balaban J connectivity index is 3.27. The van der Waals surface area contributed by atoms with Gasteiger partial charge in [0.1, 0.15) is 0 Å². The number of hydrogen-bond acceptors (Lipinski definition) is 5. The van der Waals surface area contributed by atoms with Gasteiger partial charge in [-0.2, -0.15) is 0 Å². The molecule has 0 bridgehead atoms. The Morgan fingerprint density at radius 2 is 0.532 bits per heavy atom. The molecule has 0 aliphatic heterocycles. The minimum Gasteiger partial charge on any atom is -0.466 e. The molecule has 0 aromatic rings. The number of esters is 1. The maximum atomic E-state index is 12.5. The molecule has 460 valence electrons. The van der Waals surface area contributed by atoms with Gasteiger partial charge in [0.05, 0.1) is 25.4 Å². The Morgan fingerprint density at radius 1 is 0.312 bits per heavy atom. The number of unbranched alkanes of at least 4 members (excludes halogenated alkanes) is 57. The molecule has 0 aliphatic carbocycles. The molecule has 3 N–H and O–H groups in total. The first-order valence-electron chi connectivity index (χ1n) is 35.8. The highest BCUT2D eigenvalue weighted by molar-refractivity contribution is 5.76. The predicted molar refractivity (Wildman–Crippen MR) is 338 cm³/mol. The number of ether oxygens (including phenoxy) is 1. The number of carbonyl (C=O) groups excluding carboxylic acids is 2. The molecular formula is C71H141NO5. The zero-order valence-electron chi connectivity index (χ0n) is 52.7. The van der Waals surface area contributed by atoms with E-state index in [9.17, 15) is 19.8 Å². The molecule has 0 radical (unpaired) electrons. The largest absolute Gasteiger partial charge is 0.466 e. The van der Waals surface area contributed by atoms with Crippen LogP contribution in [0.1, 0.15) is 418 Å². The fourth-order valence-electron chi connectivity index (χ4n) is 11.7. The topological polar surface area (TPSA) is 95.9 Å². The van der Waals surface area contributed by atoms with E-state index in [4.69, 9.17) is 4.74 Å². The van der Waals surface area contributed by atoms with Crippen LogP contribution in [0, 0.1) is 0 Å². The summed E-state index contributed by atoms with van der Waals surface area (Å²) in [6, 6.07) is -0.535. The van der Waals surface area contributed by atoms with E-state index in [0.717, 1.165) is 38.5 Å². The van der Waals surface area contributed by atoms with E-state index in [1.54, 1.807) is 0 Å². The molecule has 0 aromatic carbocycles. The van der Waals surface area contributed by atoms with Gasteiger partial charge in [0.25, 0.3) is 0 Å². The normalized spacial score (nSPS) is 12.4. The summed E-state index contributed by atoms with van der Waals surface area (Å²) in [5, 5.41) is 23.2. The third-order valence-electron chi connectivity index (χ3n) is 17.2. The highest BCUT2D eigenvalue weighted by atomic mass is 16.5. The minimum atomic E-state index is -0.658. The molecule has 0 saturated heterocycles. The van der Waals surface area contributed by atoms with Crippen LogP contribution in [0.2, 0.25) is 0 Å².